The second-order valence-electron chi connectivity index (χ2n) is 13.8. The minimum atomic E-state index is -0.672. The Morgan fingerprint density at radius 2 is 1.77 bits per heavy atom. The summed E-state index contributed by atoms with van der Waals surface area (Å²) >= 11 is 0. The van der Waals surface area contributed by atoms with Gasteiger partial charge >= 0.3 is 6.09 Å². The molecule has 3 aromatic rings. The van der Waals surface area contributed by atoms with E-state index in [2.05, 4.69) is 6.07 Å². The van der Waals surface area contributed by atoms with E-state index in [1.165, 1.54) is 12.1 Å². The number of rotatable bonds is 9. The Hall–Kier alpha value is -4.44. The van der Waals surface area contributed by atoms with E-state index < -0.39 is 17.6 Å². The highest BCUT2D eigenvalue weighted by Crippen LogP contribution is 2.43. The van der Waals surface area contributed by atoms with Crippen molar-refractivity contribution in [2.75, 3.05) is 49.8 Å². The van der Waals surface area contributed by atoms with Gasteiger partial charge in [0.1, 0.15) is 17.2 Å². The lowest BCUT2D eigenvalue weighted by Crippen LogP contribution is -2.51. The van der Waals surface area contributed by atoms with Gasteiger partial charge in [-0.05, 0) is 99.4 Å². The molecule has 0 unspecified atom stereocenters. The predicted molar refractivity (Wildman–Crippen MR) is 182 cm³/mol. The molecule has 0 N–H and O–H groups in total. The number of anilines is 2. The fourth-order valence-electron chi connectivity index (χ4n) is 6.67. The van der Waals surface area contributed by atoms with E-state index in [4.69, 9.17) is 14.2 Å². The van der Waals surface area contributed by atoms with Gasteiger partial charge in [-0.1, -0.05) is 36.4 Å². The van der Waals surface area contributed by atoms with Crippen LogP contribution in [0.3, 0.4) is 0 Å². The maximum Gasteiger partial charge on any atom is 0.410 e. The van der Waals surface area contributed by atoms with Gasteiger partial charge in [0.05, 0.1) is 11.6 Å². The molecule has 48 heavy (non-hydrogen) atoms. The van der Waals surface area contributed by atoms with Crippen LogP contribution in [0.15, 0.2) is 66.7 Å². The number of hydrogen-bond donors (Lipinski definition) is 0. The number of nitrogens with zero attached hydrogens (tertiary/aromatic N) is 3. The predicted octanol–water partition coefficient (Wildman–Crippen LogP) is 6.79. The Morgan fingerprint density at radius 1 is 1.00 bits per heavy atom. The molecule has 1 saturated heterocycles. The molecule has 9 nitrogen and oxygen atoms in total. The van der Waals surface area contributed by atoms with Crippen molar-refractivity contribution >= 4 is 29.3 Å². The Kier molecular flexibility index (Phi) is 9.73. The quantitative estimate of drug-likeness (QED) is 0.236. The molecule has 0 radical (unpaired) electrons. The number of hydrogen-bond acceptors (Lipinski definition) is 6. The van der Waals surface area contributed by atoms with E-state index in [0.29, 0.717) is 49.7 Å². The lowest BCUT2D eigenvalue weighted by Gasteiger charge is -2.41. The Labute approximate surface area is 281 Å². The lowest BCUT2D eigenvalue weighted by atomic mass is 9.78. The first-order valence-corrected chi connectivity index (χ1v) is 16.8. The summed E-state index contributed by atoms with van der Waals surface area (Å²) in [6.07, 6.45) is 2.53. The van der Waals surface area contributed by atoms with Gasteiger partial charge in [0.25, 0.3) is 5.91 Å². The van der Waals surface area contributed by atoms with Crippen LogP contribution in [-0.4, -0.2) is 74.4 Å². The summed E-state index contributed by atoms with van der Waals surface area (Å²) in [6, 6.07) is 20.0. The number of likely N-dealkylation sites (tertiary alicyclic amines) is 1. The van der Waals surface area contributed by atoms with Crippen molar-refractivity contribution < 1.29 is 33.0 Å². The molecule has 254 valence electrons. The van der Waals surface area contributed by atoms with E-state index >= 15 is 0 Å². The van der Waals surface area contributed by atoms with Gasteiger partial charge < -0.3 is 28.9 Å². The monoisotopic (exact) mass is 657 g/mol. The maximum absolute atomic E-state index is 14.9. The molecule has 2 atom stereocenters. The highest BCUT2D eigenvalue weighted by Gasteiger charge is 2.44. The normalized spacial score (nSPS) is 19.4. The summed E-state index contributed by atoms with van der Waals surface area (Å²) < 4.78 is 30.4. The van der Waals surface area contributed by atoms with Crippen molar-refractivity contribution in [1.82, 2.24) is 4.90 Å². The molecule has 10 heteroatoms. The number of ether oxygens (including phenoxy) is 3. The van der Waals surface area contributed by atoms with Gasteiger partial charge in [0, 0.05) is 45.1 Å². The number of piperidine rings is 1. The van der Waals surface area contributed by atoms with Crippen LogP contribution in [0.25, 0.3) is 11.1 Å². The third-order valence-corrected chi connectivity index (χ3v) is 9.12. The molecule has 2 fully saturated rings. The molecule has 0 spiro atoms. The summed E-state index contributed by atoms with van der Waals surface area (Å²) in [4.78, 5) is 46.4. The van der Waals surface area contributed by atoms with E-state index in [-0.39, 0.29) is 42.7 Å². The molecule has 2 aliphatic heterocycles. The molecular weight excluding hydrogens is 613 g/mol. The summed E-state index contributed by atoms with van der Waals surface area (Å²) in [5.41, 5.74) is 3.47. The molecular formula is C38H44FN3O6. The van der Waals surface area contributed by atoms with Gasteiger partial charge in [-0.15, -0.1) is 0 Å². The largest absolute Gasteiger partial charge is 0.482 e. The fraction of sp³-hybridized carbons (Fsp3) is 0.447. The third kappa shape index (κ3) is 7.49. The zero-order valence-corrected chi connectivity index (χ0v) is 28.1. The number of carbonyl (C=O) groups is 3. The number of benzene rings is 3. The number of methoxy groups -OCH3 is 1. The van der Waals surface area contributed by atoms with Gasteiger partial charge in [-0.2, -0.15) is 0 Å². The minimum Gasteiger partial charge on any atom is -0.482 e. The van der Waals surface area contributed by atoms with Crippen LogP contribution < -0.4 is 14.5 Å². The zero-order chi connectivity index (χ0) is 34.0. The molecule has 0 bridgehead atoms. The van der Waals surface area contributed by atoms with E-state index in [1.54, 1.807) is 29.0 Å². The van der Waals surface area contributed by atoms with Gasteiger partial charge in [0.2, 0.25) is 5.91 Å². The molecule has 6 rings (SSSR count). The molecule has 1 saturated carbocycles. The van der Waals surface area contributed by atoms with Crippen LogP contribution in [0.1, 0.15) is 57.9 Å². The molecule has 2 heterocycles. The Morgan fingerprint density at radius 3 is 2.48 bits per heavy atom. The third-order valence-electron chi connectivity index (χ3n) is 9.12. The second kappa shape index (κ2) is 14.0. The summed E-state index contributed by atoms with van der Waals surface area (Å²) in [6.45, 7) is 7.11. The summed E-state index contributed by atoms with van der Waals surface area (Å²) in [7, 11) is 1.63. The number of fused-ring (bicyclic) bond motifs is 1. The van der Waals surface area contributed by atoms with Gasteiger partial charge in [0.15, 0.2) is 6.61 Å². The fourth-order valence-corrected chi connectivity index (χ4v) is 6.67. The van der Waals surface area contributed by atoms with Crippen molar-refractivity contribution in [2.45, 2.75) is 64.0 Å². The SMILES string of the molecule is COCCCN1C(=O)COc2ccc(N(C(=O)[C@H]3CN(C(=O)OC(C)(C)C)CC[C@@H]3c3cccc(-c4ccc(F)cc4)c3)C3CC3)cc21. The number of halogens is 1. The average molecular weight is 658 g/mol. The number of carbonyl (C=O) groups excluding carboxylic acids is 3. The smallest absolute Gasteiger partial charge is 0.410 e. The van der Waals surface area contributed by atoms with Gasteiger partial charge in [-0.3, -0.25) is 9.59 Å². The number of amides is 3. The van der Waals surface area contributed by atoms with Crippen molar-refractivity contribution in [3.05, 3.63) is 78.1 Å². The first-order valence-electron chi connectivity index (χ1n) is 16.8. The van der Waals surface area contributed by atoms with Crippen molar-refractivity contribution in [3.8, 4) is 16.9 Å². The minimum absolute atomic E-state index is 0.0146. The summed E-state index contributed by atoms with van der Waals surface area (Å²) in [5, 5.41) is 0. The molecule has 1 aliphatic carbocycles. The van der Waals surface area contributed by atoms with Crippen molar-refractivity contribution in [1.29, 1.82) is 0 Å². The van der Waals surface area contributed by atoms with Crippen LogP contribution >= 0.6 is 0 Å². The lowest BCUT2D eigenvalue weighted by molar-refractivity contribution is -0.124. The molecule has 0 aromatic heterocycles. The van der Waals surface area contributed by atoms with Crippen LogP contribution in [0.5, 0.6) is 5.75 Å². The Bertz CT molecular complexity index is 1650. The molecule has 3 aliphatic rings. The molecule has 3 aromatic carbocycles. The van der Waals surface area contributed by atoms with Crippen LogP contribution in [0.2, 0.25) is 0 Å². The molecule has 3 amide bonds. The topological polar surface area (TPSA) is 88.6 Å². The first-order chi connectivity index (χ1) is 23.0. The van der Waals surface area contributed by atoms with Crippen LogP contribution in [0.4, 0.5) is 20.6 Å². The van der Waals surface area contributed by atoms with Crippen LogP contribution in [-0.2, 0) is 19.1 Å². The zero-order valence-electron chi connectivity index (χ0n) is 28.1. The summed E-state index contributed by atoms with van der Waals surface area (Å²) in [5.74, 6) is -0.638. The Balaban J connectivity index is 1.35. The van der Waals surface area contributed by atoms with E-state index in [9.17, 15) is 18.8 Å². The highest BCUT2D eigenvalue weighted by molar-refractivity contribution is 6.01. The second-order valence-corrected chi connectivity index (χ2v) is 13.8. The van der Waals surface area contributed by atoms with Crippen molar-refractivity contribution in [3.63, 3.8) is 0 Å². The van der Waals surface area contributed by atoms with E-state index in [1.807, 2.05) is 62.1 Å². The van der Waals surface area contributed by atoms with Crippen LogP contribution in [0, 0.1) is 11.7 Å². The average Bonchev–Trinajstić information content (AvgIpc) is 3.90. The standard InChI is InChI=1S/C38H44FN3O6/c1-38(2,3)48-37(45)40-19-17-31(27-8-5-7-26(21-27)25-9-11-28(39)12-10-25)32(23-40)36(44)42(29-13-14-29)30-15-16-34-33(22-30)41(18-6-20-46-4)35(43)24-47-34/h5,7-12,15-16,21-22,29,31-32H,6,13-14,17-20,23-24H2,1-4H3/t31-,32+/m1/s1. The van der Waals surface area contributed by atoms with E-state index in [0.717, 1.165) is 29.5 Å². The maximum atomic E-state index is 14.9. The first kappa shape index (κ1) is 33.5. The van der Waals surface area contributed by atoms with Crippen molar-refractivity contribution in [2.24, 2.45) is 5.92 Å². The van der Waals surface area contributed by atoms with Gasteiger partial charge in [-0.25, -0.2) is 9.18 Å². The highest BCUT2D eigenvalue weighted by atomic mass is 19.1.